The number of carbonyl (C=O) groups excluding carboxylic acids is 1. The lowest BCUT2D eigenvalue weighted by atomic mass is 9.98. The van der Waals surface area contributed by atoms with Crippen molar-refractivity contribution in [3.8, 4) is 0 Å². The van der Waals surface area contributed by atoms with E-state index in [1.54, 1.807) is 20.8 Å². The van der Waals surface area contributed by atoms with Crippen LogP contribution < -0.4 is 11.0 Å². The van der Waals surface area contributed by atoms with Crippen molar-refractivity contribution in [1.29, 1.82) is 0 Å². The predicted molar refractivity (Wildman–Crippen MR) is 57.7 cm³/mol. The van der Waals surface area contributed by atoms with Crippen LogP contribution in [0.25, 0.3) is 0 Å². The second-order valence-electron chi connectivity index (χ2n) is 4.15. The normalized spacial score (nSPS) is 11.1. The van der Waals surface area contributed by atoms with E-state index in [0.29, 0.717) is 5.46 Å². The Balaban J connectivity index is 2.98. The van der Waals surface area contributed by atoms with Gasteiger partial charge >= 0.3 is 6.09 Å². The minimum absolute atomic E-state index is 0.319. The van der Waals surface area contributed by atoms with Crippen molar-refractivity contribution >= 4 is 19.4 Å². The van der Waals surface area contributed by atoms with Gasteiger partial charge in [0, 0.05) is 6.20 Å². The molecule has 0 saturated heterocycles. The molecule has 0 aliphatic carbocycles. The third-order valence-electron chi connectivity index (χ3n) is 1.53. The van der Waals surface area contributed by atoms with Crippen molar-refractivity contribution in [3.63, 3.8) is 0 Å². The second kappa shape index (κ2) is 3.92. The van der Waals surface area contributed by atoms with Crippen LogP contribution in [0.4, 0.5) is 4.79 Å². The molecular weight excluding hydrogens is 193 g/mol. The fraction of sp³-hybridized carbons (Fsp3) is 0.400. The van der Waals surface area contributed by atoms with Crippen molar-refractivity contribution in [2.45, 2.75) is 26.4 Å². The molecule has 1 aromatic heterocycles. The first-order valence-corrected chi connectivity index (χ1v) is 4.51. The third-order valence-corrected chi connectivity index (χ3v) is 1.53. The highest BCUT2D eigenvalue weighted by Crippen LogP contribution is 2.07. The molecule has 0 N–H and O–H groups in total. The zero-order chi connectivity index (χ0) is 11.6. The Hall–Kier alpha value is -1.52. The second-order valence-corrected chi connectivity index (χ2v) is 4.15. The highest BCUT2D eigenvalue weighted by Gasteiger charge is 2.18. The molecule has 0 amide bonds. The van der Waals surface area contributed by atoms with Gasteiger partial charge < -0.3 is 4.74 Å². The highest BCUT2D eigenvalue weighted by molar-refractivity contribution is 6.32. The van der Waals surface area contributed by atoms with E-state index in [9.17, 15) is 9.59 Å². The van der Waals surface area contributed by atoms with E-state index in [1.807, 2.05) is 0 Å². The topological polar surface area (TPSA) is 48.3 Å². The van der Waals surface area contributed by atoms with E-state index in [4.69, 9.17) is 12.6 Å². The molecule has 0 aliphatic heterocycles. The number of carbonyl (C=O) groups is 1. The molecule has 5 heteroatoms. The molecule has 0 spiro atoms. The maximum absolute atomic E-state index is 11.5. The van der Waals surface area contributed by atoms with Crippen LogP contribution in [0.15, 0.2) is 23.1 Å². The van der Waals surface area contributed by atoms with Gasteiger partial charge in [-0.2, -0.15) is 0 Å². The number of pyridine rings is 1. The number of hydrogen-bond donors (Lipinski definition) is 0. The molecule has 0 aromatic carbocycles. The number of rotatable bonds is 0. The zero-order valence-electron chi connectivity index (χ0n) is 8.98. The molecule has 0 fully saturated rings. The van der Waals surface area contributed by atoms with Gasteiger partial charge in [-0.05, 0) is 26.8 Å². The van der Waals surface area contributed by atoms with Crippen LogP contribution >= 0.6 is 0 Å². The van der Waals surface area contributed by atoms with Crippen LogP contribution in [0, 0.1) is 0 Å². The first kappa shape index (κ1) is 11.6. The number of aromatic nitrogens is 1. The standard InChI is InChI=1S/C10H12BNO3/c1-10(2,3)15-9(14)12-5-4-7(11)6-8(12)13/h4-6H,1-3H3. The Morgan fingerprint density at radius 3 is 2.53 bits per heavy atom. The average Bonchev–Trinajstić information content (AvgIpc) is 1.99. The van der Waals surface area contributed by atoms with E-state index in [1.165, 1.54) is 18.3 Å². The fourth-order valence-corrected chi connectivity index (χ4v) is 0.956. The van der Waals surface area contributed by atoms with Crippen LogP contribution in [0.5, 0.6) is 0 Å². The van der Waals surface area contributed by atoms with E-state index in [2.05, 4.69) is 0 Å². The molecule has 1 heterocycles. The molecule has 1 aromatic rings. The van der Waals surface area contributed by atoms with Crippen molar-refractivity contribution in [2.24, 2.45) is 0 Å². The van der Waals surface area contributed by atoms with Gasteiger partial charge in [0.15, 0.2) is 0 Å². The molecule has 0 atom stereocenters. The summed E-state index contributed by atoms with van der Waals surface area (Å²) in [6.45, 7) is 5.19. The monoisotopic (exact) mass is 205 g/mol. The predicted octanol–water partition coefficient (Wildman–Crippen LogP) is 0.425. The van der Waals surface area contributed by atoms with Gasteiger partial charge in [0.25, 0.3) is 5.56 Å². The molecule has 4 nitrogen and oxygen atoms in total. The maximum Gasteiger partial charge on any atom is 0.421 e. The van der Waals surface area contributed by atoms with E-state index >= 15 is 0 Å². The van der Waals surface area contributed by atoms with E-state index < -0.39 is 17.3 Å². The minimum Gasteiger partial charge on any atom is -0.443 e. The molecule has 0 aliphatic rings. The Morgan fingerprint density at radius 1 is 1.47 bits per heavy atom. The number of nitrogens with zero attached hydrogens (tertiary/aromatic N) is 1. The van der Waals surface area contributed by atoms with Crippen molar-refractivity contribution < 1.29 is 9.53 Å². The lowest BCUT2D eigenvalue weighted by Gasteiger charge is -2.19. The molecule has 0 bridgehead atoms. The van der Waals surface area contributed by atoms with Crippen LogP contribution in [0.1, 0.15) is 20.8 Å². The van der Waals surface area contributed by atoms with Crippen molar-refractivity contribution in [3.05, 3.63) is 28.7 Å². The van der Waals surface area contributed by atoms with E-state index in [0.717, 1.165) is 4.57 Å². The largest absolute Gasteiger partial charge is 0.443 e. The summed E-state index contributed by atoms with van der Waals surface area (Å²) in [5, 5.41) is 0. The van der Waals surface area contributed by atoms with Gasteiger partial charge in [0.05, 0.1) is 0 Å². The number of ether oxygens (including phenoxy) is 1. The Bertz CT molecular complexity index is 431. The first-order valence-electron chi connectivity index (χ1n) is 4.51. The van der Waals surface area contributed by atoms with Crippen LogP contribution in [0.2, 0.25) is 0 Å². The molecule has 2 radical (unpaired) electrons. The Morgan fingerprint density at radius 2 is 2.07 bits per heavy atom. The SMILES string of the molecule is [B]c1ccn(C(=O)OC(C)(C)C)c(=O)c1. The van der Waals surface area contributed by atoms with Gasteiger partial charge in [-0.15, -0.1) is 0 Å². The van der Waals surface area contributed by atoms with E-state index in [-0.39, 0.29) is 0 Å². The van der Waals surface area contributed by atoms with Crippen molar-refractivity contribution in [2.75, 3.05) is 0 Å². The first-order chi connectivity index (χ1) is 6.79. The summed E-state index contributed by atoms with van der Waals surface area (Å²) in [5.41, 5.74) is -0.804. The van der Waals surface area contributed by atoms with Gasteiger partial charge in [-0.3, -0.25) is 4.79 Å². The molecule has 78 valence electrons. The van der Waals surface area contributed by atoms with Gasteiger partial charge in [0.2, 0.25) is 0 Å². The molecule has 0 saturated carbocycles. The average molecular weight is 205 g/mol. The third kappa shape index (κ3) is 3.27. The Labute approximate surface area is 89.3 Å². The summed E-state index contributed by atoms with van der Waals surface area (Å²) in [6.07, 6.45) is 0.596. The van der Waals surface area contributed by atoms with Crippen molar-refractivity contribution in [1.82, 2.24) is 4.57 Å². The molecule has 0 unspecified atom stereocenters. The highest BCUT2D eigenvalue weighted by atomic mass is 16.6. The summed E-state index contributed by atoms with van der Waals surface area (Å²) in [6, 6.07) is 2.63. The fourth-order valence-electron chi connectivity index (χ4n) is 0.956. The van der Waals surface area contributed by atoms with Gasteiger partial charge in [0.1, 0.15) is 13.4 Å². The summed E-state index contributed by atoms with van der Waals surface area (Å²) in [5.74, 6) is 0. The lowest BCUT2D eigenvalue weighted by Crippen LogP contribution is -2.34. The minimum atomic E-state index is -0.701. The summed E-state index contributed by atoms with van der Waals surface area (Å²) < 4.78 is 5.90. The summed E-state index contributed by atoms with van der Waals surface area (Å²) >= 11 is 0. The lowest BCUT2D eigenvalue weighted by molar-refractivity contribution is 0.0531. The van der Waals surface area contributed by atoms with Gasteiger partial charge in [-0.1, -0.05) is 11.5 Å². The summed E-state index contributed by atoms with van der Waals surface area (Å²) in [4.78, 5) is 22.8. The van der Waals surface area contributed by atoms with Crippen LogP contribution in [-0.2, 0) is 4.74 Å². The summed E-state index contributed by atoms with van der Waals surface area (Å²) in [7, 11) is 5.39. The smallest absolute Gasteiger partial charge is 0.421 e. The number of hydrogen-bond acceptors (Lipinski definition) is 3. The van der Waals surface area contributed by atoms with Gasteiger partial charge in [-0.25, -0.2) is 9.36 Å². The molecule has 1 rings (SSSR count). The molecule has 15 heavy (non-hydrogen) atoms. The maximum atomic E-state index is 11.5. The zero-order valence-corrected chi connectivity index (χ0v) is 8.98. The quantitative estimate of drug-likeness (QED) is 0.577. The van der Waals surface area contributed by atoms with Crippen LogP contribution in [-0.4, -0.2) is 24.1 Å². The Kier molecular flexibility index (Phi) is 3.02. The molecular formula is C10H12BNO3. The van der Waals surface area contributed by atoms with Crippen LogP contribution in [0.3, 0.4) is 0 Å².